The minimum atomic E-state index is -0.130. The van der Waals surface area contributed by atoms with Crippen LogP contribution in [0.15, 0.2) is 29.3 Å². The number of aromatic nitrogens is 2. The Hall–Kier alpha value is -3.34. The van der Waals surface area contributed by atoms with Crippen LogP contribution in [0, 0.1) is 11.3 Å². The van der Waals surface area contributed by atoms with Crippen LogP contribution in [0.1, 0.15) is 12.5 Å². The molecule has 1 aromatic heterocycles. The molecule has 8 nitrogen and oxygen atoms in total. The summed E-state index contributed by atoms with van der Waals surface area (Å²) in [5.41, 5.74) is 1.78. The van der Waals surface area contributed by atoms with Crippen molar-refractivity contribution in [1.29, 1.82) is 5.26 Å². The summed E-state index contributed by atoms with van der Waals surface area (Å²) in [7, 11) is 3.66. The largest absolute Gasteiger partial charge is 0.369 e. The molecule has 23 heavy (non-hydrogen) atoms. The highest BCUT2D eigenvalue weighted by molar-refractivity contribution is 5.88. The van der Waals surface area contributed by atoms with Gasteiger partial charge in [0.05, 0.1) is 6.34 Å². The van der Waals surface area contributed by atoms with E-state index in [-0.39, 0.29) is 5.91 Å². The predicted octanol–water partition coefficient (Wildman–Crippen LogP) is 2.20. The number of nitriles is 1. The van der Waals surface area contributed by atoms with Crippen LogP contribution in [0.25, 0.3) is 0 Å². The van der Waals surface area contributed by atoms with Gasteiger partial charge in [0, 0.05) is 32.4 Å². The molecule has 0 bridgehead atoms. The highest BCUT2D eigenvalue weighted by Crippen LogP contribution is 2.26. The van der Waals surface area contributed by atoms with E-state index >= 15 is 0 Å². The molecule has 0 saturated carbocycles. The van der Waals surface area contributed by atoms with Gasteiger partial charge < -0.3 is 15.5 Å². The van der Waals surface area contributed by atoms with Gasteiger partial charge in [0.25, 0.3) is 0 Å². The van der Waals surface area contributed by atoms with E-state index in [4.69, 9.17) is 0 Å². The number of aromatic amines is 1. The number of anilines is 3. The zero-order valence-electron chi connectivity index (χ0n) is 13.1. The lowest BCUT2D eigenvalue weighted by molar-refractivity contribution is -0.114. The van der Waals surface area contributed by atoms with E-state index in [1.54, 1.807) is 35.5 Å². The van der Waals surface area contributed by atoms with Crippen molar-refractivity contribution < 1.29 is 4.79 Å². The molecule has 0 radical (unpaired) electrons. The van der Waals surface area contributed by atoms with Gasteiger partial charge in [-0.05, 0) is 24.3 Å². The quantitative estimate of drug-likeness (QED) is 0.579. The SMILES string of the molecule is CC(=O)Nc1ccc(Nc2[nH]nc(N=CN(C)C)c2C#N)cc1. The Kier molecular flexibility index (Phi) is 4.94. The van der Waals surface area contributed by atoms with Gasteiger partial charge in [-0.3, -0.25) is 9.89 Å². The van der Waals surface area contributed by atoms with Gasteiger partial charge in [0.2, 0.25) is 5.91 Å². The molecule has 0 saturated heterocycles. The van der Waals surface area contributed by atoms with Crippen LogP contribution < -0.4 is 10.6 Å². The molecule has 0 fully saturated rings. The number of carbonyl (C=O) groups is 1. The van der Waals surface area contributed by atoms with Crippen molar-refractivity contribution in [3.05, 3.63) is 29.8 Å². The number of hydrogen-bond donors (Lipinski definition) is 3. The molecule has 0 aliphatic rings. The Morgan fingerprint density at radius 2 is 2.00 bits per heavy atom. The summed E-state index contributed by atoms with van der Waals surface area (Å²) < 4.78 is 0. The average molecular weight is 311 g/mol. The van der Waals surface area contributed by atoms with Crippen LogP contribution in [0.5, 0.6) is 0 Å². The van der Waals surface area contributed by atoms with Crippen LogP contribution in [0.2, 0.25) is 0 Å². The van der Waals surface area contributed by atoms with Gasteiger partial charge in [-0.1, -0.05) is 0 Å². The Labute approximate surface area is 133 Å². The maximum absolute atomic E-state index is 11.0. The van der Waals surface area contributed by atoms with Crippen molar-refractivity contribution >= 4 is 35.3 Å². The first-order valence-electron chi connectivity index (χ1n) is 6.83. The maximum atomic E-state index is 11.0. The Balaban J connectivity index is 2.17. The summed E-state index contributed by atoms with van der Waals surface area (Å²) in [6, 6.07) is 9.18. The summed E-state index contributed by atoms with van der Waals surface area (Å²) in [6.07, 6.45) is 1.57. The lowest BCUT2D eigenvalue weighted by Gasteiger charge is -2.06. The fourth-order valence-electron chi connectivity index (χ4n) is 1.78. The summed E-state index contributed by atoms with van der Waals surface area (Å²) in [4.78, 5) is 16.9. The molecule has 2 rings (SSSR count). The van der Waals surface area contributed by atoms with E-state index in [0.717, 1.165) is 5.69 Å². The van der Waals surface area contributed by atoms with Crippen molar-refractivity contribution in [2.24, 2.45) is 4.99 Å². The summed E-state index contributed by atoms with van der Waals surface area (Å²) in [5, 5.41) is 21.8. The zero-order valence-corrected chi connectivity index (χ0v) is 13.1. The minimum absolute atomic E-state index is 0.130. The van der Waals surface area contributed by atoms with E-state index in [1.807, 2.05) is 14.1 Å². The summed E-state index contributed by atoms with van der Waals surface area (Å²) >= 11 is 0. The predicted molar refractivity (Wildman–Crippen MR) is 89.2 cm³/mol. The molecule has 1 amide bonds. The van der Waals surface area contributed by atoms with Crippen molar-refractivity contribution in [2.75, 3.05) is 24.7 Å². The molecular formula is C15H17N7O. The van der Waals surface area contributed by atoms with Gasteiger partial charge in [0.1, 0.15) is 17.5 Å². The molecule has 3 N–H and O–H groups in total. The number of nitrogens with zero attached hydrogens (tertiary/aromatic N) is 4. The normalized spacial score (nSPS) is 10.3. The lowest BCUT2D eigenvalue weighted by Crippen LogP contribution is -2.07. The highest BCUT2D eigenvalue weighted by Gasteiger charge is 2.12. The second kappa shape index (κ2) is 7.09. The van der Waals surface area contributed by atoms with Crippen molar-refractivity contribution in [1.82, 2.24) is 15.1 Å². The second-order valence-corrected chi connectivity index (χ2v) is 5.00. The van der Waals surface area contributed by atoms with Crippen LogP contribution in [0.4, 0.5) is 23.0 Å². The molecule has 0 atom stereocenters. The van der Waals surface area contributed by atoms with Crippen molar-refractivity contribution in [2.45, 2.75) is 6.92 Å². The average Bonchev–Trinajstić information content (AvgIpc) is 2.88. The standard InChI is InChI=1S/C15H17N7O/c1-10(23)18-11-4-6-12(7-5-11)19-15-13(8-16)14(20-21-15)17-9-22(2)3/h4-7,9H,1-3H3,(H,18,23)(H2,19,20,21). The maximum Gasteiger partial charge on any atom is 0.221 e. The molecule has 118 valence electrons. The second-order valence-electron chi connectivity index (χ2n) is 5.00. The molecule has 2 aromatic rings. The third-order valence-electron chi connectivity index (χ3n) is 2.74. The van der Waals surface area contributed by atoms with Crippen LogP contribution in [0.3, 0.4) is 0 Å². The summed E-state index contributed by atoms with van der Waals surface area (Å²) in [6.45, 7) is 1.45. The molecule has 0 aliphatic heterocycles. The zero-order chi connectivity index (χ0) is 16.8. The smallest absolute Gasteiger partial charge is 0.221 e. The third-order valence-corrected chi connectivity index (χ3v) is 2.74. The molecule has 0 aliphatic carbocycles. The topological polar surface area (TPSA) is 109 Å². The number of benzene rings is 1. The summed E-state index contributed by atoms with van der Waals surface area (Å²) in [5.74, 6) is 0.652. The van der Waals surface area contributed by atoms with Gasteiger partial charge in [-0.25, -0.2) is 4.99 Å². The number of carbonyl (C=O) groups excluding carboxylic acids is 1. The van der Waals surface area contributed by atoms with Crippen molar-refractivity contribution in [3.63, 3.8) is 0 Å². The Bertz CT molecular complexity index is 753. The minimum Gasteiger partial charge on any atom is -0.369 e. The number of nitrogens with one attached hydrogen (secondary N) is 3. The monoisotopic (exact) mass is 311 g/mol. The fraction of sp³-hybridized carbons (Fsp3) is 0.200. The van der Waals surface area contributed by atoms with Crippen LogP contribution >= 0.6 is 0 Å². The Morgan fingerprint density at radius 3 is 2.57 bits per heavy atom. The van der Waals surface area contributed by atoms with E-state index in [9.17, 15) is 10.1 Å². The number of H-pyrrole nitrogens is 1. The first-order chi connectivity index (χ1) is 11.0. The van der Waals surface area contributed by atoms with Crippen molar-refractivity contribution in [3.8, 4) is 6.07 Å². The first-order valence-corrected chi connectivity index (χ1v) is 6.83. The number of aliphatic imine (C=N–C) groups is 1. The first kappa shape index (κ1) is 16.0. The number of hydrogen-bond acceptors (Lipinski definition) is 5. The van der Waals surface area contributed by atoms with E-state index in [2.05, 4.69) is 31.9 Å². The third kappa shape index (κ3) is 4.31. The molecule has 8 heteroatoms. The van der Waals surface area contributed by atoms with E-state index < -0.39 is 0 Å². The Morgan fingerprint density at radius 1 is 1.35 bits per heavy atom. The molecule has 1 heterocycles. The molecule has 0 unspecified atom stereocenters. The van der Waals surface area contributed by atoms with Crippen LogP contribution in [-0.2, 0) is 4.79 Å². The van der Waals surface area contributed by atoms with Gasteiger partial charge >= 0.3 is 0 Å². The molecular weight excluding hydrogens is 294 g/mol. The number of rotatable bonds is 5. The fourth-order valence-corrected chi connectivity index (χ4v) is 1.78. The molecule has 0 spiro atoms. The van der Waals surface area contributed by atoms with Crippen LogP contribution in [-0.4, -0.2) is 41.4 Å². The van der Waals surface area contributed by atoms with Gasteiger partial charge in [-0.2, -0.15) is 10.4 Å². The van der Waals surface area contributed by atoms with Gasteiger partial charge in [-0.15, -0.1) is 0 Å². The number of amides is 1. The highest BCUT2D eigenvalue weighted by atomic mass is 16.1. The molecule has 1 aromatic carbocycles. The van der Waals surface area contributed by atoms with E-state index in [1.165, 1.54) is 6.92 Å². The van der Waals surface area contributed by atoms with E-state index in [0.29, 0.717) is 22.9 Å². The van der Waals surface area contributed by atoms with Gasteiger partial charge in [0.15, 0.2) is 5.82 Å². The lowest BCUT2D eigenvalue weighted by atomic mass is 10.2.